The van der Waals surface area contributed by atoms with Crippen molar-refractivity contribution in [3.05, 3.63) is 95.6 Å². The van der Waals surface area contributed by atoms with Crippen LogP contribution in [0.1, 0.15) is 27.5 Å². The largest absolute Gasteiger partial charge is 0.493 e. The fourth-order valence-electron chi connectivity index (χ4n) is 2.88. The van der Waals surface area contributed by atoms with Crippen LogP contribution in [-0.2, 0) is 4.79 Å². The minimum absolute atomic E-state index is 0.200. The molecule has 3 rings (SSSR count). The van der Waals surface area contributed by atoms with Crippen LogP contribution >= 0.6 is 0 Å². The van der Waals surface area contributed by atoms with Crippen LogP contribution in [0, 0.1) is 0 Å². The summed E-state index contributed by atoms with van der Waals surface area (Å²) in [5, 5.41) is 3.01. The number of hydrogen-bond donors (Lipinski definition) is 1. The normalized spacial score (nSPS) is 10.4. The minimum atomic E-state index is -0.290. The maximum absolute atomic E-state index is 12.6. The Kier molecular flexibility index (Phi) is 6.41. The SMILES string of the molecule is COc1ccc(C=O)cc1OCC(=O)NC(c1ccccc1)c1ccccc1. The van der Waals surface area contributed by atoms with Crippen molar-refractivity contribution in [3.63, 3.8) is 0 Å². The number of methoxy groups -OCH3 is 1. The molecule has 0 fully saturated rings. The van der Waals surface area contributed by atoms with E-state index >= 15 is 0 Å². The van der Waals surface area contributed by atoms with Gasteiger partial charge in [0.2, 0.25) is 0 Å². The molecule has 28 heavy (non-hydrogen) atoms. The summed E-state index contributed by atoms with van der Waals surface area (Å²) in [5.41, 5.74) is 2.40. The van der Waals surface area contributed by atoms with Crippen LogP contribution in [-0.4, -0.2) is 25.9 Å². The first-order chi connectivity index (χ1) is 13.7. The first-order valence-electron chi connectivity index (χ1n) is 8.86. The van der Waals surface area contributed by atoms with E-state index in [0.29, 0.717) is 23.3 Å². The lowest BCUT2D eigenvalue weighted by atomic mass is 9.99. The Morgan fingerprint density at radius 2 is 1.54 bits per heavy atom. The monoisotopic (exact) mass is 375 g/mol. The Bertz CT molecular complexity index is 886. The van der Waals surface area contributed by atoms with Crippen LogP contribution in [0.3, 0.4) is 0 Å². The molecule has 5 heteroatoms. The first-order valence-corrected chi connectivity index (χ1v) is 8.86. The number of nitrogens with one attached hydrogen (secondary N) is 1. The van der Waals surface area contributed by atoms with Gasteiger partial charge < -0.3 is 14.8 Å². The summed E-state index contributed by atoms with van der Waals surface area (Å²) in [6, 6.07) is 24.0. The Labute approximate surface area is 163 Å². The van der Waals surface area contributed by atoms with Crippen molar-refractivity contribution in [3.8, 4) is 11.5 Å². The van der Waals surface area contributed by atoms with Gasteiger partial charge in [-0.3, -0.25) is 9.59 Å². The second-order valence-electron chi connectivity index (χ2n) is 6.14. The van der Waals surface area contributed by atoms with Gasteiger partial charge in [0.25, 0.3) is 5.91 Å². The zero-order valence-electron chi connectivity index (χ0n) is 15.5. The Hall–Kier alpha value is -3.60. The van der Waals surface area contributed by atoms with Crippen molar-refractivity contribution in [2.24, 2.45) is 0 Å². The number of amides is 1. The molecule has 0 radical (unpaired) electrons. The van der Waals surface area contributed by atoms with Crippen LogP contribution in [0.25, 0.3) is 0 Å². The van der Waals surface area contributed by atoms with Gasteiger partial charge in [0, 0.05) is 5.56 Å². The Morgan fingerprint density at radius 3 is 2.07 bits per heavy atom. The van der Waals surface area contributed by atoms with E-state index in [0.717, 1.165) is 11.1 Å². The molecule has 0 aromatic heterocycles. The van der Waals surface area contributed by atoms with Gasteiger partial charge in [0.05, 0.1) is 13.2 Å². The van der Waals surface area contributed by atoms with E-state index in [1.54, 1.807) is 18.2 Å². The summed E-state index contributed by atoms with van der Waals surface area (Å²) in [6.07, 6.45) is 0.715. The lowest BCUT2D eigenvalue weighted by molar-refractivity contribution is -0.123. The van der Waals surface area contributed by atoms with Crippen molar-refractivity contribution >= 4 is 12.2 Å². The molecule has 0 aliphatic heterocycles. The van der Waals surface area contributed by atoms with Crippen molar-refractivity contribution < 1.29 is 19.1 Å². The van der Waals surface area contributed by atoms with E-state index in [-0.39, 0.29) is 18.6 Å². The van der Waals surface area contributed by atoms with Crippen LogP contribution < -0.4 is 14.8 Å². The Morgan fingerprint density at radius 1 is 0.929 bits per heavy atom. The molecule has 0 spiro atoms. The third kappa shape index (κ3) is 4.76. The molecule has 1 amide bonds. The number of hydrogen-bond acceptors (Lipinski definition) is 4. The highest BCUT2D eigenvalue weighted by Crippen LogP contribution is 2.27. The molecule has 5 nitrogen and oxygen atoms in total. The molecule has 3 aromatic rings. The maximum atomic E-state index is 12.6. The van der Waals surface area contributed by atoms with Gasteiger partial charge in [0.15, 0.2) is 18.1 Å². The van der Waals surface area contributed by atoms with E-state index in [1.807, 2.05) is 60.7 Å². The van der Waals surface area contributed by atoms with E-state index in [1.165, 1.54) is 7.11 Å². The summed E-state index contributed by atoms with van der Waals surface area (Å²) in [7, 11) is 1.50. The predicted molar refractivity (Wildman–Crippen MR) is 107 cm³/mol. The number of ether oxygens (including phenoxy) is 2. The van der Waals surface area contributed by atoms with E-state index in [9.17, 15) is 9.59 Å². The smallest absolute Gasteiger partial charge is 0.258 e. The summed E-state index contributed by atoms with van der Waals surface area (Å²) in [6.45, 7) is -0.200. The molecule has 0 aliphatic rings. The second kappa shape index (κ2) is 9.37. The summed E-state index contributed by atoms with van der Waals surface area (Å²) < 4.78 is 10.8. The quantitative estimate of drug-likeness (QED) is 0.609. The standard InChI is InChI=1S/C23H21NO4/c1-27-20-13-12-17(15-25)14-21(20)28-16-22(26)24-23(18-8-4-2-5-9-18)19-10-6-3-7-11-19/h2-15,23H,16H2,1H3,(H,24,26). The van der Waals surface area contributed by atoms with Crippen molar-refractivity contribution in [2.75, 3.05) is 13.7 Å². The van der Waals surface area contributed by atoms with Gasteiger partial charge in [-0.25, -0.2) is 0 Å². The van der Waals surface area contributed by atoms with Gasteiger partial charge in [0.1, 0.15) is 6.29 Å². The topological polar surface area (TPSA) is 64.6 Å². The van der Waals surface area contributed by atoms with Gasteiger partial charge in [-0.05, 0) is 29.3 Å². The van der Waals surface area contributed by atoms with Gasteiger partial charge in [-0.1, -0.05) is 60.7 Å². The average Bonchev–Trinajstić information content (AvgIpc) is 2.77. The molecular weight excluding hydrogens is 354 g/mol. The Balaban J connectivity index is 1.74. The maximum Gasteiger partial charge on any atom is 0.258 e. The summed E-state index contributed by atoms with van der Waals surface area (Å²) >= 11 is 0. The van der Waals surface area contributed by atoms with E-state index in [4.69, 9.17) is 9.47 Å². The van der Waals surface area contributed by atoms with E-state index < -0.39 is 0 Å². The summed E-state index contributed by atoms with van der Waals surface area (Å²) in [4.78, 5) is 23.6. The number of benzene rings is 3. The molecule has 3 aromatic carbocycles. The summed E-state index contributed by atoms with van der Waals surface area (Å²) in [5.74, 6) is 0.524. The number of carbonyl (C=O) groups is 2. The third-order valence-corrected chi connectivity index (χ3v) is 4.25. The van der Waals surface area contributed by atoms with Crippen LogP contribution in [0.2, 0.25) is 0 Å². The van der Waals surface area contributed by atoms with E-state index in [2.05, 4.69) is 5.32 Å². The third-order valence-electron chi connectivity index (χ3n) is 4.25. The molecule has 0 bridgehead atoms. The molecule has 0 heterocycles. The fraction of sp³-hybridized carbons (Fsp3) is 0.130. The molecule has 0 unspecified atom stereocenters. The molecule has 0 saturated heterocycles. The zero-order chi connectivity index (χ0) is 19.8. The van der Waals surface area contributed by atoms with Crippen molar-refractivity contribution in [1.82, 2.24) is 5.32 Å². The minimum Gasteiger partial charge on any atom is -0.493 e. The molecule has 0 saturated carbocycles. The van der Waals surface area contributed by atoms with Crippen molar-refractivity contribution in [2.45, 2.75) is 6.04 Å². The molecular formula is C23H21NO4. The highest BCUT2D eigenvalue weighted by Gasteiger charge is 2.17. The van der Waals surface area contributed by atoms with Gasteiger partial charge in [-0.15, -0.1) is 0 Å². The highest BCUT2D eigenvalue weighted by molar-refractivity contribution is 5.79. The molecule has 142 valence electrons. The molecule has 1 N–H and O–H groups in total. The lowest BCUT2D eigenvalue weighted by Crippen LogP contribution is -2.33. The average molecular weight is 375 g/mol. The number of carbonyl (C=O) groups excluding carboxylic acids is 2. The lowest BCUT2D eigenvalue weighted by Gasteiger charge is -2.20. The molecule has 0 aliphatic carbocycles. The zero-order valence-corrected chi connectivity index (χ0v) is 15.5. The predicted octanol–water partition coefficient (Wildman–Crippen LogP) is 3.79. The fourth-order valence-corrected chi connectivity index (χ4v) is 2.88. The van der Waals surface area contributed by atoms with Crippen LogP contribution in [0.5, 0.6) is 11.5 Å². The highest BCUT2D eigenvalue weighted by atomic mass is 16.5. The second-order valence-corrected chi connectivity index (χ2v) is 6.14. The molecule has 0 atom stereocenters. The van der Waals surface area contributed by atoms with Crippen molar-refractivity contribution in [1.29, 1.82) is 0 Å². The van der Waals surface area contributed by atoms with Gasteiger partial charge >= 0.3 is 0 Å². The van der Waals surface area contributed by atoms with Crippen LogP contribution in [0.4, 0.5) is 0 Å². The number of aldehydes is 1. The number of rotatable bonds is 8. The van der Waals surface area contributed by atoms with Gasteiger partial charge in [-0.2, -0.15) is 0 Å². The first kappa shape index (κ1) is 19.2. The van der Waals surface area contributed by atoms with Crippen LogP contribution in [0.15, 0.2) is 78.9 Å².